The van der Waals surface area contributed by atoms with Crippen LogP contribution in [0.25, 0.3) is 0 Å². The van der Waals surface area contributed by atoms with Gasteiger partial charge in [0.25, 0.3) is 0 Å². The lowest BCUT2D eigenvalue weighted by Crippen LogP contribution is -2.21. The molecule has 1 fully saturated rings. The van der Waals surface area contributed by atoms with Crippen LogP contribution in [0, 0.1) is 0 Å². The van der Waals surface area contributed by atoms with Crippen molar-refractivity contribution in [1.29, 1.82) is 0 Å². The van der Waals surface area contributed by atoms with Crippen LogP contribution in [0.5, 0.6) is 11.5 Å². The molecule has 3 heteroatoms. The lowest BCUT2D eigenvalue weighted by Gasteiger charge is -2.15. The van der Waals surface area contributed by atoms with Crippen molar-refractivity contribution in [3.05, 3.63) is 23.8 Å². The van der Waals surface area contributed by atoms with Crippen molar-refractivity contribution in [1.82, 2.24) is 4.90 Å². The highest BCUT2D eigenvalue weighted by Crippen LogP contribution is 2.33. The number of benzene rings is 1. The lowest BCUT2D eigenvalue weighted by molar-refractivity contribution is 0.328. The van der Waals surface area contributed by atoms with E-state index in [0.717, 1.165) is 25.1 Å². The smallest absolute Gasteiger partial charge is 0.157 e. The first-order chi connectivity index (χ1) is 8.20. The SMILES string of the molecule is CCCCN1CC[C@@H](c2ccc(O)c(O)c2)C1. The van der Waals surface area contributed by atoms with E-state index in [4.69, 9.17) is 0 Å². The van der Waals surface area contributed by atoms with E-state index in [-0.39, 0.29) is 11.5 Å². The molecule has 0 unspecified atom stereocenters. The summed E-state index contributed by atoms with van der Waals surface area (Å²) in [6.45, 7) is 5.61. The summed E-state index contributed by atoms with van der Waals surface area (Å²) < 4.78 is 0. The lowest BCUT2D eigenvalue weighted by atomic mass is 9.98. The Morgan fingerprint density at radius 1 is 1.29 bits per heavy atom. The van der Waals surface area contributed by atoms with Gasteiger partial charge >= 0.3 is 0 Å². The third-order valence-electron chi connectivity index (χ3n) is 3.57. The predicted molar refractivity (Wildman–Crippen MR) is 68.5 cm³/mol. The zero-order chi connectivity index (χ0) is 12.3. The molecular weight excluding hydrogens is 214 g/mol. The molecule has 0 aromatic heterocycles. The number of phenolic OH excluding ortho intramolecular Hbond substituents is 2. The van der Waals surface area contributed by atoms with Gasteiger partial charge in [0, 0.05) is 6.54 Å². The predicted octanol–water partition coefficient (Wildman–Crippen LogP) is 2.69. The van der Waals surface area contributed by atoms with Crippen molar-refractivity contribution in [3.63, 3.8) is 0 Å². The highest BCUT2D eigenvalue weighted by atomic mass is 16.3. The van der Waals surface area contributed by atoms with Gasteiger partial charge in [-0.3, -0.25) is 0 Å². The summed E-state index contributed by atoms with van der Waals surface area (Å²) in [5, 5.41) is 18.8. The topological polar surface area (TPSA) is 43.7 Å². The second-order valence-electron chi connectivity index (χ2n) is 4.89. The van der Waals surface area contributed by atoms with Gasteiger partial charge in [-0.1, -0.05) is 19.4 Å². The number of hydrogen-bond acceptors (Lipinski definition) is 3. The summed E-state index contributed by atoms with van der Waals surface area (Å²) in [5.41, 5.74) is 1.14. The van der Waals surface area contributed by atoms with E-state index in [2.05, 4.69) is 11.8 Å². The molecule has 2 rings (SSSR count). The molecule has 3 nitrogen and oxygen atoms in total. The summed E-state index contributed by atoms with van der Waals surface area (Å²) in [6.07, 6.45) is 3.64. The first-order valence-corrected chi connectivity index (χ1v) is 6.45. The number of hydrogen-bond donors (Lipinski definition) is 2. The van der Waals surface area contributed by atoms with Crippen LogP contribution in [0.4, 0.5) is 0 Å². The van der Waals surface area contributed by atoms with Crippen molar-refractivity contribution < 1.29 is 10.2 Å². The maximum absolute atomic E-state index is 9.50. The quantitative estimate of drug-likeness (QED) is 0.789. The standard InChI is InChI=1S/C14H21NO2/c1-2-3-7-15-8-6-12(10-15)11-4-5-13(16)14(17)9-11/h4-5,9,12,16-17H,2-3,6-8,10H2,1H3/t12-/m1/s1. The van der Waals surface area contributed by atoms with Gasteiger partial charge < -0.3 is 15.1 Å². The Balaban J connectivity index is 1.97. The van der Waals surface area contributed by atoms with Gasteiger partial charge in [-0.25, -0.2) is 0 Å². The van der Waals surface area contributed by atoms with Gasteiger partial charge in [-0.15, -0.1) is 0 Å². The fourth-order valence-corrected chi connectivity index (χ4v) is 2.48. The molecule has 1 aromatic rings. The molecule has 0 bridgehead atoms. The molecule has 0 radical (unpaired) electrons. The fourth-order valence-electron chi connectivity index (χ4n) is 2.48. The first-order valence-electron chi connectivity index (χ1n) is 6.45. The van der Waals surface area contributed by atoms with E-state index in [1.807, 2.05) is 6.07 Å². The molecule has 1 saturated heterocycles. The molecule has 0 amide bonds. The van der Waals surface area contributed by atoms with E-state index in [0.29, 0.717) is 5.92 Å². The third kappa shape index (κ3) is 2.91. The minimum Gasteiger partial charge on any atom is -0.504 e. The van der Waals surface area contributed by atoms with E-state index in [9.17, 15) is 10.2 Å². The summed E-state index contributed by atoms with van der Waals surface area (Å²) in [4.78, 5) is 2.48. The van der Waals surface area contributed by atoms with Gasteiger partial charge in [-0.2, -0.15) is 0 Å². The molecule has 1 heterocycles. The van der Waals surface area contributed by atoms with Gasteiger partial charge in [0.1, 0.15) is 0 Å². The first kappa shape index (κ1) is 12.2. The summed E-state index contributed by atoms with van der Waals surface area (Å²) in [6, 6.07) is 5.20. The van der Waals surface area contributed by atoms with Crippen LogP contribution in [0.3, 0.4) is 0 Å². The molecule has 0 saturated carbocycles. The van der Waals surface area contributed by atoms with Gasteiger partial charge in [0.05, 0.1) is 0 Å². The number of nitrogens with zero attached hydrogens (tertiary/aromatic N) is 1. The largest absolute Gasteiger partial charge is 0.504 e. The zero-order valence-corrected chi connectivity index (χ0v) is 10.4. The Hall–Kier alpha value is -1.22. The highest BCUT2D eigenvalue weighted by molar-refractivity contribution is 5.42. The molecule has 1 aliphatic heterocycles. The van der Waals surface area contributed by atoms with E-state index in [1.54, 1.807) is 12.1 Å². The van der Waals surface area contributed by atoms with Crippen LogP contribution in [-0.4, -0.2) is 34.7 Å². The van der Waals surface area contributed by atoms with E-state index < -0.39 is 0 Å². The molecule has 0 spiro atoms. The van der Waals surface area contributed by atoms with Crippen LogP contribution in [0.1, 0.15) is 37.7 Å². The van der Waals surface area contributed by atoms with Crippen LogP contribution in [0.15, 0.2) is 18.2 Å². The molecule has 1 aliphatic rings. The number of phenols is 2. The summed E-state index contributed by atoms with van der Waals surface area (Å²) in [7, 11) is 0. The van der Waals surface area contributed by atoms with Gasteiger partial charge in [0.2, 0.25) is 0 Å². The Morgan fingerprint density at radius 2 is 2.12 bits per heavy atom. The van der Waals surface area contributed by atoms with E-state index >= 15 is 0 Å². The van der Waals surface area contributed by atoms with Crippen molar-refractivity contribution in [2.24, 2.45) is 0 Å². The average Bonchev–Trinajstić information content (AvgIpc) is 2.79. The molecule has 94 valence electrons. The van der Waals surface area contributed by atoms with Gasteiger partial charge in [-0.05, 0) is 49.5 Å². The van der Waals surface area contributed by atoms with E-state index in [1.165, 1.54) is 19.4 Å². The number of likely N-dealkylation sites (tertiary alicyclic amines) is 1. The monoisotopic (exact) mass is 235 g/mol. The normalized spacial score (nSPS) is 20.9. The Bertz CT molecular complexity index is 378. The van der Waals surface area contributed by atoms with Crippen molar-refractivity contribution in [3.8, 4) is 11.5 Å². The fraction of sp³-hybridized carbons (Fsp3) is 0.571. The van der Waals surface area contributed by atoms with Gasteiger partial charge in [0.15, 0.2) is 11.5 Å². The highest BCUT2D eigenvalue weighted by Gasteiger charge is 2.23. The summed E-state index contributed by atoms with van der Waals surface area (Å²) in [5.74, 6) is 0.461. The maximum Gasteiger partial charge on any atom is 0.157 e. The second kappa shape index (κ2) is 5.41. The Morgan fingerprint density at radius 3 is 2.82 bits per heavy atom. The maximum atomic E-state index is 9.50. The molecular formula is C14H21NO2. The minimum atomic E-state index is -0.0328. The average molecular weight is 235 g/mol. The Kier molecular flexibility index (Phi) is 3.89. The van der Waals surface area contributed by atoms with Crippen molar-refractivity contribution >= 4 is 0 Å². The van der Waals surface area contributed by atoms with Crippen molar-refractivity contribution in [2.75, 3.05) is 19.6 Å². The molecule has 1 atom stereocenters. The van der Waals surface area contributed by atoms with Crippen LogP contribution < -0.4 is 0 Å². The number of aromatic hydroxyl groups is 2. The van der Waals surface area contributed by atoms with Crippen molar-refractivity contribution in [2.45, 2.75) is 32.1 Å². The Labute approximate surface area is 103 Å². The third-order valence-corrected chi connectivity index (χ3v) is 3.57. The van der Waals surface area contributed by atoms with Crippen LogP contribution in [0.2, 0.25) is 0 Å². The number of unbranched alkanes of at least 4 members (excludes halogenated alkanes) is 1. The number of rotatable bonds is 4. The molecule has 0 aliphatic carbocycles. The second-order valence-corrected chi connectivity index (χ2v) is 4.89. The minimum absolute atomic E-state index is 0.00509. The molecule has 17 heavy (non-hydrogen) atoms. The molecule has 2 N–H and O–H groups in total. The van der Waals surface area contributed by atoms with Crippen LogP contribution >= 0.6 is 0 Å². The van der Waals surface area contributed by atoms with Crippen LogP contribution in [-0.2, 0) is 0 Å². The zero-order valence-electron chi connectivity index (χ0n) is 10.4. The summed E-state index contributed by atoms with van der Waals surface area (Å²) >= 11 is 0. The molecule has 1 aromatic carbocycles.